The van der Waals surface area contributed by atoms with E-state index < -0.39 is 5.91 Å². The molecule has 27 heavy (non-hydrogen) atoms. The van der Waals surface area contributed by atoms with Crippen LogP contribution in [0.3, 0.4) is 0 Å². The van der Waals surface area contributed by atoms with Crippen molar-refractivity contribution >= 4 is 27.7 Å². The Bertz CT molecular complexity index is 846. The van der Waals surface area contributed by atoms with Crippen LogP contribution >= 0.6 is 15.9 Å². The first-order valence-corrected chi connectivity index (χ1v) is 9.01. The van der Waals surface area contributed by atoms with Crippen LogP contribution in [0.25, 0.3) is 0 Å². The summed E-state index contributed by atoms with van der Waals surface area (Å²) in [6.45, 7) is 2.44. The fourth-order valence-electron chi connectivity index (χ4n) is 2.30. The lowest BCUT2D eigenvalue weighted by Crippen LogP contribution is -2.35. The first-order chi connectivity index (χ1) is 12.8. The van der Waals surface area contributed by atoms with Crippen molar-refractivity contribution in [3.63, 3.8) is 0 Å². The van der Waals surface area contributed by atoms with Gasteiger partial charge in [0.15, 0.2) is 0 Å². The van der Waals surface area contributed by atoms with Crippen molar-refractivity contribution in [2.45, 2.75) is 20.0 Å². The normalized spacial score (nSPS) is 11.5. The number of nitrogens with zero attached hydrogens (tertiary/aromatic N) is 1. The summed E-state index contributed by atoms with van der Waals surface area (Å²) in [6, 6.07) is 14.8. The van der Waals surface area contributed by atoms with Gasteiger partial charge in [-0.25, -0.2) is 5.84 Å². The summed E-state index contributed by atoms with van der Waals surface area (Å²) < 4.78 is 0.984. The molecule has 0 fully saturated rings. The Morgan fingerprint density at radius 3 is 2.19 bits per heavy atom. The maximum Gasteiger partial charge on any atom is 0.269 e. The molecule has 2 aromatic rings. The molecule has 0 saturated carbocycles. The zero-order chi connectivity index (χ0) is 20.0. The molecule has 8 N–H and O–H groups in total. The van der Waals surface area contributed by atoms with E-state index in [2.05, 4.69) is 21.2 Å². The SMILES string of the molecule is C/C(=C(/N)C(=O)NCc1ccc(C(=N)N)cc1)N(N)Cc1ccc(Br)cc1. The minimum absolute atomic E-state index is 0.00204. The molecule has 0 unspecified atom stereocenters. The Hall–Kier alpha value is -2.84. The lowest BCUT2D eigenvalue weighted by atomic mass is 10.1. The van der Waals surface area contributed by atoms with Crippen LogP contribution in [0.15, 0.2) is 64.4 Å². The average molecular weight is 431 g/mol. The second kappa shape index (κ2) is 9.20. The van der Waals surface area contributed by atoms with E-state index >= 15 is 0 Å². The predicted octanol–water partition coefficient (Wildman–Crippen LogP) is 1.92. The predicted molar refractivity (Wildman–Crippen MR) is 110 cm³/mol. The number of hydrazine groups is 1. The molecule has 0 bridgehead atoms. The average Bonchev–Trinajstić information content (AvgIpc) is 2.66. The molecule has 0 aliphatic carbocycles. The zero-order valence-electron chi connectivity index (χ0n) is 15.0. The van der Waals surface area contributed by atoms with Crippen molar-refractivity contribution in [2.75, 3.05) is 0 Å². The van der Waals surface area contributed by atoms with Gasteiger partial charge >= 0.3 is 0 Å². The van der Waals surface area contributed by atoms with Gasteiger partial charge in [0.1, 0.15) is 11.5 Å². The lowest BCUT2D eigenvalue weighted by Gasteiger charge is -2.21. The monoisotopic (exact) mass is 430 g/mol. The smallest absolute Gasteiger partial charge is 0.269 e. The standard InChI is InChI=1S/C19H23BrN6O/c1-12(26(24)11-14-4-8-16(20)9-5-14)17(21)19(27)25-10-13-2-6-15(7-3-13)18(22)23/h2-9H,10-11,21,24H2,1H3,(H3,22,23)(H,25,27)/b17-12-. The molecule has 8 heteroatoms. The zero-order valence-corrected chi connectivity index (χ0v) is 16.6. The van der Waals surface area contributed by atoms with Crippen molar-refractivity contribution in [3.05, 3.63) is 81.1 Å². The highest BCUT2D eigenvalue weighted by Crippen LogP contribution is 2.13. The van der Waals surface area contributed by atoms with E-state index in [4.69, 9.17) is 22.7 Å². The van der Waals surface area contributed by atoms with Crippen LogP contribution in [0, 0.1) is 5.41 Å². The van der Waals surface area contributed by atoms with E-state index in [1.54, 1.807) is 31.2 Å². The van der Waals surface area contributed by atoms with E-state index in [-0.39, 0.29) is 11.5 Å². The molecule has 2 rings (SSSR count). The summed E-state index contributed by atoms with van der Waals surface area (Å²) >= 11 is 3.39. The molecule has 2 aromatic carbocycles. The molecule has 0 aromatic heterocycles. The summed E-state index contributed by atoms with van der Waals surface area (Å²) in [5, 5.41) is 11.6. The Labute approximate surface area is 166 Å². The van der Waals surface area contributed by atoms with E-state index in [9.17, 15) is 4.79 Å². The van der Waals surface area contributed by atoms with Gasteiger partial charge in [0, 0.05) is 16.6 Å². The molecule has 1 amide bonds. The third-order valence-corrected chi connectivity index (χ3v) is 4.58. The fraction of sp³-hybridized carbons (Fsp3) is 0.158. The van der Waals surface area contributed by atoms with Gasteiger partial charge in [-0.15, -0.1) is 0 Å². The largest absolute Gasteiger partial charge is 0.393 e. The summed E-state index contributed by atoms with van der Waals surface area (Å²) in [4.78, 5) is 12.3. The number of amidine groups is 1. The highest BCUT2D eigenvalue weighted by molar-refractivity contribution is 9.10. The number of rotatable bonds is 7. The van der Waals surface area contributed by atoms with Crippen molar-refractivity contribution < 1.29 is 4.79 Å². The number of nitrogens with one attached hydrogen (secondary N) is 2. The number of carbonyl (C=O) groups excluding carboxylic acids is 1. The number of hydrogen-bond donors (Lipinski definition) is 5. The molecule has 0 atom stereocenters. The van der Waals surface area contributed by atoms with Gasteiger partial charge in [-0.3, -0.25) is 10.2 Å². The van der Waals surface area contributed by atoms with Gasteiger partial charge in [0.2, 0.25) is 0 Å². The van der Waals surface area contributed by atoms with Gasteiger partial charge in [0.25, 0.3) is 5.91 Å². The summed E-state index contributed by atoms with van der Waals surface area (Å²) in [7, 11) is 0. The van der Waals surface area contributed by atoms with Crippen molar-refractivity contribution in [1.29, 1.82) is 5.41 Å². The Morgan fingerprint density at radius 2 is 1.63 bits per heavy atom. The summed E-state index contributed by atoms with van der Waals surface area (Å²) in [5.74, 6) is 5.66. The molecule has 0 radical (unpaired) electrons. The third-order valence-electron chi connectivity index (χ3n) is 4.05. The second-order valence-electron chi connectivity index (χ2n) is 6.05. The van der Waals surface area contributed by atoms with Crippen molar-refractivity contribution in [2.24, 2.45) is 17.3 Å². The van der Waals surface area contributed by atoms with Gasteiger partial charge in [-0.05, 0) is 30.2 Å². The van der Waals surface area contributed by atoms with E-state index in [0.29, 0.717) is 24.4 Å². The van der Waals surface area contributed by atoms with Crippen LogP contribution < -0.4 is 22.6 Å². The number of nitrogens with two attached hydrogens (primary N) is 3. The van der Waals surface area contributed by atoms with Crippen LogP contribution in [0.1, 0.15) is 23.6 Å². The molecular weight excluding hydrogens is 408 g/mol. The third kappa shape index (κ3) is 5.83. The van der Waals surface area contributed by atoms with Gasteiger partial charge in [-0.2, -0.15) is 0 Å². The van der Waals surface area contributed by atoms with Gasteiger partial charge < -0.3 is 21.8 Å². The first-order valence-electron chi connectivity index (χ1n) is 8.22. The number of halogens is 1. The summed E-state index contributed by atoms with van der Waals surface area (Å²) in [5.41, 5.74) is 14.4. The molecule has 0 spiro atoms. The van der Waals surface area contributed by atoms with Crippen molar-refractivity contribution in [1.82, 2.24) is 10.3 Å². The number of allylic oxidation sites excluding steroid dienone is 1. The molecule has 0 saturated heterocycles. The molecule has 0 heterocycles. The van der Waals surface area contributed by atoms with Crippen LogP contribution in [0.5, 0.6) is 0 Å². The first kappa shape index (κ1) is 20.5. The molecule has 0 aliphatic rings. The topological polar surface area (TPSA) is 134 Å². The number of nitrogen functional groups attached to an aromatic ring is 1. The van der Waals surface area contributed by atoms with E-state index in [0.717, 1.165) is 15.6 Å². The number of hydrogen-bond acceptors (Lipinski definition) is 5. The minimum atomic E-state index is -0.394. The minimum Gasteiger partial charge on any atom is -0.393 e. The van der Waals surface area contributed by atoms with Gasteiger partial charge in [-0.1, -0.05) is 52.3 Å². The highest BCUT2D eigenvalue weighted by atomic mass is 79.9. The number of carbonyl (C=O) groups is 1. The van der Waals surface area contributed by atoms with E-state index in [1.165, 1.54) is 5.01 Å². The fourth-order valence-corrected chi connectivity index (χ4v) is 2.57. The van der Waals surface area contributed by atoms with Crippen LogP contribution in [-0.4, -0.2) is 16.8 Å². The van der Waals surface area contributed by atoms with Crippen LogP contribution in [-0.2, 0) is 17.9 Å². The maximum atomic E-state index is 12.3. The quantitative estimate of drug-likeness (QED) is 0.150. The Morgan fingerprint density at radius 1 is 1.07 bits per heavy atom. The highest BCUT2D eigenvalue weighted by Gasteiger charge is 2.13. The number of amides is 1. The van der Waals surface area contributed by atoms with Gasteiger partial charge in [0.05, 0.1) is 12.2 Å². The maximum absolute atomic E-state index is 12.3. The Kier molecular flexibility index (Phi) is 6.98. The molecule has 7 nitrogen and oxygen atoms in total. The molecular formula is C19H23BrN6O. The van der Waals surface area contributed by atoms with Crippen LogP contribution in [0.4, 0.5) is 0 Å². The van der Waals surface area contributed by atoms with Crippen molar-refractivity contribution in [3.8, 4) is 0 Å². The molecule has 0 aliphatic heterocycles. The number of benzene rings is 2. The second-order valence-corrected chi connectivity index (χ2v) is 6.96. The molecule has 142 valence electrons. The lowest BCUT2D eigenvalue weighted by molar-refractivity contribution is -0.117. The Balaban J connectivity index is 1.96. The summed E-state index contributed by atoms with van der Waals surface area (Å²) in [6.07, 6.45) is 0. The van der Waals surface area contributed by atoms with E-state index in [1.807, 2.05) is 24.3 Å². The van der Waals surface area contributed by atoms with Crippen LogP contribution in [0.2, 0.25) is 0 Å².